The van der Waals surface area contributed by atoms with Crippen molar-refractivity contribution in [1.82, 2.24) is 5.32 Å². The third-order valence-corrected chi connectivity index (χ3v) is 10.6. The zero-order valence-electron chi connectivity index (χ0n) is 30.2. The number of carbonyl (C=O) groups excluding carboxylic acids is 5. The lowest BCUT2D eigenvalue weighted by Gasteiger charge is -2.18. The van der Waals surface area contributed by atoms with Crippen LogP contribution >= 0.6 is 23.1 Å². The molecule has 4 N–H and O–H groups in total. The lowest BCUT2D eigenvalue weighted by Crippen LogP contribution is -2.30. The first-order chi connectivity index (χ1) is 27.2. The van der Waals surface area contributed by atoms with Crippen LogP contribution in [0.15, 0.2) is 149 Å². The second kappa shape index (κ2) is 18.6. The molecule has 4 amide bonds. The molecule has 0 saturated heterocycles. The Morgan fingerprint density at radius 1 is 0.768 bits per heavy atom. The average Bonchev–Trinajstić information content (AvgIpc) is 3.85. The molecule has 1 atom stereocenters. The van der Waals surface area contributed by atoms with E-state index in [9.17, 15) is 24.0 Å². The number of furan rings is 1. The Hall–Kier alpha value is -6.70. The van der Waals surface area contributed by atoms with Gasteiger partial charge in [-0.1, -0.05) is 72.8 Å². The Bertz CT molecular complexity index is 2360. The molecule has 0 aliphatic heterocycles. The molecule has 0 fully saturated rings. The van der Waals surface area contributed by atoms with Crippen LogP contribution in [0.2, 0.25) is 0 Å². The molecule has 282 valence electrons. The van der Waals surface area contributed by atoms with E-state index < -0.39 is 34.8 Å². The van der Waals surface area contributed by atoms with E-state index in [1.807, 2.05) is 36.4 Å². The Morgan fingerprint density at radius 3 is 2.12 bits per heavy atom. The van der Waals surface area contributed by atoms with Gasteiger partial charge in [0.1, 0.15) is 21.7 Å². The monoisotopic (exact) mass is 784 g/mol. The first kappa shape index (κ1) is 39.0. The van der Waals surface area contributed by atoms with Gasteiger partial charge in [0.15, 0.2) is 0 Å². The normalized spacial score (nSPS) is 11.6. The van der Waals surface area contributed by atoms with Crippen LogP contribution in [-0.4, -0.2) is 36.2 Å². The van der Waals surface area contributed by atoms with Crippen molar-refractivity contribution in [1.29, 1.82) is 0 Å². The van der Waals surface area contributed by atoms with Gasteiger partial charge in [0.2, 0.25) is 5.91 Å². The van der Waals surface area contributed by atoms with Gasteiger partial charge in [-0.15, -0.1) is 23.1 Å². The molecule has 0 saturated carbocycles. The highest BCUT2D eigenvalue weighted by Crippen LogP contribution is 2.40. The minimum atomic E-state index is -0.833. The maximum atomic E-state index is 14.3. The molecule has 0 aliphatic rings. The summed E-state index contributed by atoms with van der Waals surface area (Å²) in [6, 6.07) is 36.8. The summed E-state index contributed by atoms with van der Waals surface area (Å²) in [5.41, 5.74) is 2.45. The Kier molecular flexibility index (Phi) is 12.9. The molecule has 1 unspecified atom stereocenters. The molecule has 13 heteroatoms. The van der Waals surface area contributed by atoms with Gasteiger partial charge in [-0.2, -0.15) is 0 Å². The van der Waals surface area contributed by atoms with E-state index in [4.69, 9.17) is 9.15 Å². The summed E-state index contributed by atoms with van der Waals surface area (Å²) in [6.07, 6.45) is 2.89. The van der Waals surface area contributed by atoms with Crippen molar-refractivity contribution in [3.05, 3.63) is 172 Å². The van der Waals surface area contributed by atoms with Crippen LogP contribution in [0.4, 0.5) is 16.4 Å². The zero-order valence-corrected chi connectivity index (χ0v) is 31.9. The molecule has 6 rings (SSSR count). The summed E-state index contributed by atoms with van der Waals surface area (Å²) in [6.45, 7) is 3.42. The fraction of sp³-hybridized carbons (Fsp3) is 0.0930. The van der Waals surface area contributed by atoms with E-state index in [2.05, 4.69) is 21.3 Å². The van der Waals surface area contributed by atoms with Crippen LogP contribution in [-0.2, 0) is 14.3 Å². The van der Waals surface area contributed by atoms with E-state index in [1.165, 1.54) is 24.1 Å². The summed E-state index contributed by atoms with van der Waals surface area (Å²) in [7, 11) is 0. The number of hydrogen-bond donors (Lipinski definition) is 4. The smallest absolute Gasteiger partial charge is 0.341 e. The number of thiophene rings is 1. The number of benzene rings is 4. The van der Waals surface area contributed by atoms with E-state index in [-0.39, 0.29) is 27.7 Å². The van der Waals surface area contributed by atoms with Crippen molar-refractivity contribution >= 4 is 75.1 Å². The number of esters is 1. The van der Waals surface area contributed by atoms with Crippen molar-refractivity contribution in [2.24, 2.45) is 0 Å². The third-order valence-electron chi connectivity index (χ3n) is 8.15. The van der Waals surface area contributed by atoms with Crippen LogP contribution < -0.4 is 21.3 Å². The maximum absolute atomic E-state index is 14.3. The van der Waals surface area contributed by atoms with Gasteiger partial charge in [0.05, 0.1) is 23.3 Å². The highest BCUT2D eigenvalue weighted by molar-refractivity contribution is 8.00. The number of hydrogen-bond acceptors (Lipinski definition) is 9. The molecule has 4 aromatic carbocycles. The molecule has 0 aliphatic carbocycles. The first-order valence-electron chi connectivity index (χ1n) is 17.4. The fourth-order valence-corrected chi connectivity index (χ4v) is 7.67. The zero-order chi connectivity index (χ0) is 39.4. The average molecular weight is 785 g/mol. The van der Waals surface area contributed by atoms with Gasteiger partial charge in [-0.25, -0.2) is 4.79 Å². The van der Waals surface area contributed by atoms with E-state index >= 15 is 0 Å². The molecule has 2 heterocycles. The number of rotatable bonds is 14. The van der Waals surface area contributed by atoms with Crippen molar-refractivity contribution in [2.75, 3.05) is 22.6 Å². The van der Waals surface area contributed by atoms with Gasteiger partial charge in [-0.3, -0.25) is 19.2 Å². The molecule has 0 bridgehead atoms. The van der Waals surface area contributed by atoms with Gasteiger partial charge >= 0.3 is 5.97 Å². The molecular weight excluding hydrogens is 749 g/mol. The number of para-hydroxylation sites is 1. The third kappa shape index (κ3) is 9.88. The quantitative estimate of drug-likeness (QED) is 0.0485. The number of thioether (sulfide) groups is 1. The molecule has 0 radical (unpaired) electrons. The number of carbonyl (C=O) groups is 5. The highest BCUT2D eigenvalue weighted by Gasteiger charge is 2.30. The number of nitrogens with one attached hydrogen (secondary N) is 4. The summed E-state index contributed by atoms with van der Waals surface area (Å²) < 4.78 is 10.7. The second-order valence-electron chi connectivity index (χ2n) is 12.1. The lowest BCUT2D eigenvalue weighted by molar-refractivity contribution is -0.116. The highest BCUT2D eigenvalue weighted by atomic mass is 32.2. The summed E-state index contributed by atoms with van der Waals surface area (Å²) in [4.78, 5) is 68.4. The molecular formula is C43H36N4O7S2. The van der Waals surface area contributed by atoms with Gasteiger partial charge in [0.25, 0.3) is 17.7 Å². The number of amides is 4. The lowest BCUT2D eigenvalue weighted by atomic mass is 10.1. The van der Waals surface area contributed by atoms with Gasteiger partial charge in [0, 0.05) is 27.9 Å². The standard InChI is InChI=1S/C43H36N4O7S2/c1-3-53-43(52)35-27(2)36(40(50)44-30-19-11-6-12-20-30)56-42(35)47-41(51)37(28-15-7-4-8-16-28)55-33-23-13-21-31(25-33)45-39(49)34(26-32-22-14-24-54-32)46-38(48)29-17-9-5-10-18-29/h4-26,37H,3H2,1-2H3,(H,44,50)(H,45,49)(H,46,48)(H,47,51)/b34-26-. The van der Waals surface area contributed by atoms with Crippen molar-refractivity contribution in [3.8, 4) is 0 Å². The molecule has 6 aromatic rings. The van der Waals surface area contributed by atoms with Crippen LogP contribution in [0.1, 0.15) is 59.4 Å². The van der Waals surface area contributed by atoms with Crippen molar-refractivity contribution in [3.63, 3.8) is 0 Å². The fourth-order valence-electron chi connectivity index (χ4n) is 5.49. The summed E-state index contributed by atoms with van der Waals surface area (Å²) in [5, 5.41) is 10.6. The summed E-state index contributed by atoms with van der Waals surface area (Å²) in [5.74, 6) is -2.26. The molecule has 56 heavy (non-hydrogen) atoms. The largest absolute Gasteiger partial charge is 0.465 e. The van der Waals surface area contributed by atoms with Crippen LogP contribution in [0.25, 0.3) is 6.08 Å². The van der Waals surface area contributed by atoms with E-state index in [0.29, 0.717) is 38.7 Å². The van der Waals surface area contributed by atoms with Crippen molar-refractivity contribution in [2.45, 2.75) is 24.0 Å². The minimum Gasteiger partial charge on any atom is -0.465 e. The van der Waals surface area contributed by atoms with Crippen LogP contribution in [0.5, 0.6) is 0 Å². The predicted octanol–water partition coefficient (Wildman–Crippen LogP) is 8.96. The predicted molar refractivity (Wildman–Crippen MR) is 219 cm³/mol. The minimum absolute atomic E-state index is 0.0473. The van der Waals surface area contributed by atoms with E-state index in [1.54, 1.807) is 105 Å². The SMILES string of the molecule is CCOC(=O)c1c(NC(=O)C(Sc2cccc(NC(=O)/C(=C/c3ccco3)NC(=O)c3ccccc3)c2)c2ccccc2)sc(C(=O)Nc2ccccc2)c1C. The first-order valence-corrected chi connectivity index (χ1v) is 19.1. The molecule has 2 aromatic heterocycles. The van der Waals surface area contributed by atoms with Crippen LogP contribution in [0.3, 0.4) is 0 Å². The second-order valence-corrected chi connectivity index (χ2v) is 14.3. The van der Waals surface area contributed by atoms with Crippen molar-refractivity contribution < 1.29 is 33.1 Å². The molecule has 11 nitrogen and oxygen atoms in total. The van der Waals surface area contributed by atoms with Gasteiger partial charge < -0.3 is 30.4 Å². The van der Waals surface area contributed by atoms with E-state index in [0.717, 1.165) is 11.3 Å². The Morgan fingerprint density at radius 2 is 1.45 bits per heavy atom. The number of ether oxygens (including phenoxy) is 1. The summed E-state index contributed by atoms with van der Waals surface area (Å²) >= 11 is 2.21. The molecule has 0 spiro atoms. The van der Waals surface area contributed by atoms with Gasteiger partial charge in [-0.05, 0) is 79.6 Å². The Labute approximate surface area is 331 Å². The maximum Gasteiger partial charge on any atom is 0.341 e. The van der Waals surface area contributed by atoms with Crippen LogP contribution in [0, 0.1) is 6.92 Å². The topological polar surface area (TPSA) is 156 Å². The Balaban J connectivity index is 1.25. The number of anilines is 3.